The normalized spacial score (nSPS) is 10.8. The van der Waals surface area contributed by atoms with Gasteiger partial charge < -0.3 is 9.15 Å². The van der Waals surface area contributed by atoms with Crippen LogP contribution in [-0.2, 0) is 6.42 Å². The van der Waals surface area contributed by atoms with E-state index in [1.54, 1.807) is 24.3 Å². The number of fused-ring (bicyclic) bond motifs is 1. The summed E-state index contributed by atoms with van der Waals surface area (Å²) < 4.78 is 10.6. The van der Waals surface area contributed by atoms with Crippen LogP contribution in [0.1, 0.15) is 15.9 Å². The maximum absolute atomic E-state index is 12.7. The quantitative estimate of drug-likeness (QED) is 0.371. The van der Waals surface area contributed by atoms with Crippen molar-refractivity contribution in [3.05, 3.63) is 100 Å². The minimum atomic E-state index is -0.522. The lowest BCUT2D eigenvalue weighted by molar-refractivity contribution is 0.0992. The number of rotatable bonds is 5. The van der Waals surface area contributed by atoms with Crippen molar-refractivity contribution in [1.29, 1.82) is 0 Å². The van der Waals surface area contributed by atoms with Gasteiger partial charge in [0.1, 0.15) is 0 Å². The Morgan fingerprint density at radius 1 is 0.893 bits per heavy atom. The molecule has 0 spiro atoms. The number of ketones is 1. The Morgan fingerprint density at radius 2 is 1.61 bits per heavy atom. The Balaban J connectivity index is 1.60. The molecule has 138 valence electrons. The number of methoxy groups -OCH3 is 1. The molecule has 0 bridgehead atoms. The van der Waals surface area contributed by atoms with Crippen molar-refractivity contribution >= 4 is 16.8 Å². The van der Waals surface area contributed by atoms with E-state index >= 15 is 0 Å². The van der Waals surface area contributed by atoms with Crippen molar-refractivity contribution in [2.24, 2.45) is 0 Å². The fourth-order valence-electron chi connectivity index (χ4n) is 3.20. The van der Waals surface area contributed by atoms with E-state index in [-0.39, 0.29) is 12.2 Å². The summed E-state index contributed by atoms with van der Waals surface area (Å²) >= 11 is 0. The Kier molecular flexibility index (Phi) is 4.77. The molecule has 0 aliphatic carbocycles. The SMILES string of the molecule is COc1cccc2cc(CC(=O)c3ccc(-c4ccccc4)cc3)c(=O)oc12. The van der Waals surface area contributed by atoms with Gasteiger partial charge in [-0.1, -0.05) is 66.7 Å². The molecule has 0 amide bonds. The van der Waals surface area contributed by atoms with Gasteiger partial charge in [-0.05, 0) is 23.3 Å². The number of para-hydroxylation sites is 1. The molecule has 0 saturated heterocycles. The molecule has 4 nitrogen and oxygen atoms in total. The summed E-state index contributed by atoms with van der Waals surface area (Å²) in [6.07, 6.45) is -0.0137. The predicted octanol–water partition coefficient (Wildman–Crippen LogP) is 4.89. The third-order valence-corrected chi connectivity index (χ3v) is 4.68. The monoisotopic (exact) mass is 370 g/mol. The minimum absolute atomic E-state index is 0.0137. The third kappa shape index (κ3) is 3.45. The standard InChI is InChI=1S/C24H18O4/c1-27-22-9-5-8-19-14-20(24(26)28-23(19)22)15-21(25)18-12-10-17(11-13-18)16-6-3-2-4-7-16/h2-14H,15H2,1H3. The van der Waals surface area contributed by atoms with E-state index in [9.17, 15) is 9.59 Å². The second-order valence-corrected chi connectivity index (χ2v) is 6.48. The highest BCUT2D eigenvalue weighted by Gasteiger charge is 2.14. The molecule has 0 fully saturated rings. The van der Waals surface area contributed by atoms with Gasteiger partial charge in [0.2, 0.25) is 0 Å². The molecule has 0 radical (unpaired) electrons. The molecule has 4 heteroatoms. The summed E-state index contributed by atoms with van der Waals surface area (Å²) in [6, 6.07) is 24.4. The van der Waals surface area contributed by atoms with Crippen molar-refractivity contribution in [2.75, 3.05) is 7.11 Å². The Labute approximate surface area is 162 Å². The maximum Gasteiger partial charge on any atom is 0.340 e. The van der Waals surface area contributed by atoms with Crippen LogP contribution in [0.25, 0.3) is 22.1 Å². The van der Waals surface area contributed by atoms with Gasteiger partial charge in [0.05, 0.1) is 7.11 Å². The van der Waals surface area contributed by atoms with Crippen molar-refractivity contribution in [3.63, 3.8) is 0 Å². The molecule has 1 heterocycles. The van der Waals surface area contributed by atoms with Crippen LogP contribution in [0.3, 0.4) is 0 Å². The highest BCUT2D eigenvalue weighted by Crippen LogP contribution is 2.25. The van der Waals surface area contributed by atoms with E-state index in [1.807, 2.05) is 54.6 Å². The fraction of sp³-hybridized carbons (Fsp3) is 0.0833. The van der Waals surface area contributed by atoms with Gasteiger partial charge in [-0.2, -0.15) is 0 Å². The van der Waals surface area contributed by atoms with Crippen molar-refractivity contribution in [1.82, 2.24) is 0 Å². The first-order valence-electron chi connectivity index (χ1n) is 8.94. The molecular formula is C24H18O4. The first-order chi connectivity index (χ1) is 13.7. The zero-order valence-corrected chi connectivity index (χ0v) is 15.3. The zero-order chi connectivity index (χ0) is 19.5. The average Bonchev–Trinajstić information content (AvgIpc) is 2.74. The van der Waals surface area contributed by atoms with Crippen LogP contribution in [0, 0.1) is 0 Å². The summed E-state index contributed by atoms with van der Waals surface area (Å²) in [5, 5.41) is 0.723. The molecule has 4 rings (SSSR count). The molecule has 0 aliphatic rings. The van der Waals surface area contributed by atoms with E-state index in [4.69, 9.17) is 9.15 Å². The number of hydrogen-bond donors (Lipinski definition) is 0. The van der Waals surface area contributed by atoms with Gasteiger partial charge in [0.15, 0.2) is 17.1 Å². The fourth-order valence-corrected chi connectivity index (χ4v) is 3.20. The Morgan fingerprint density at radius 3 is 2.32 bits per heavy atom. The number of benzene rings is 3. The highest BCUT2D eigenvalue weighted by atomic mass is 16.5. The lowest BCUT2D eigenvalue weighted by Gasteiger charge is -2.06. The second-order valence-electron chi connectivity index (χ2n) is 6.48. The molecule has 3 aromatic carbocycles. The molecule has 1 aromatic heterocycles. The lowest BCUT2D eigenvalue weighted by Crippen LogP contribution is -2.13. The smallest absolute Gasteiger partial charge is 0.340 e. The van der Waals surface area contributed by atoms with E-state index in [0.717, 1.165) is 16.5 Å². The van der Waals surface area contributed by atoms with E-state index in [2.05, 4.69) is 0 Å². The molecule has 0 saturated carbocycles. The van der Waals surface area contributed by atoms with Gasteiger partial charge in [-0.15, -0.1) is 0 Å². The molecule has 4 aromatic rings. The van der Waals surface area contributed by atoms with Gasteiger partial charge in [-0.25, -0.2) is 4.79 Å². The number of Topliss-reactive ketones (excluding diaryl/α,β-unsaturated/α-hetero) is 1. The van der Waals surface area contributed by atoms with Crippen LogP contribution >= 0.6 is 0 Å². The number of carbonyl (C=O) groups is 1. The van der Waals surface area contributed by atoms with Crippen LogP contribution in [0.5, 0.6) is 5.75 Å². The summed E-state index contributed by atoms with van der Waals surface area (Å²) in [6.45, 7) is 0. The summed E-state index contributed by atoms with van der Waals surface area (Å²) in [4.78, 5) is 25.0. The molecule has 28 heavy (non-hydrogen) atoms. The summed E-state index contributed by atoms with van der Waals surface area (Å²) in [5.41, 5.74) is 2.88. The number of ether oxygens (including phenoxy) is 1. The van der Waals surface area contributed by atoms with E-state index in [1.165, 1.54) is 7.11 Å². The number of hydrogen-bond acceptors (Lipinski definition) is 4. The molecule has 0 atom stereocenters. The minimum Gasteiger partial charge on any atom is -0.493 e. The first kappa shape index (κ1) is 17.7. The summed E-state index contributed by atoms with van der Waals surface area (Å²) in [5.74, 6) is 0.359. The lowest BCUT2D eigenvalue weighted by atomic mass is 9.99. The van der Waals surface area contributed by atoms with Crippen LogP contribution in [0.2, 0.25) is 0 Å². The van der Waals surface area contributed by atoms with Crippen molar-refractivity contribution < 1.29 is 13.9 Å². The molecule has 0 N–H and O–H groups in total. The maximum atomic E-state index is 12.7. The largest absolute Gasteiger partial charge is 0.493 e. The second kappa shape index (κ2) is 7.53. The van der Waals surface area contributed by atoms with Crippen LogP contribution < -0.4 is 10.4 Å². The van der Waals surface area contributed by atoms with E-state index in [0.29, 0.717) is 22.5 Å². The third-order valence-electron chi connectivity index (χ3n) is 4.68. The highest BCUT2D eigenvalue weighted by molar-refractivity contribution is 5.98. The Bertz CT molecular complexity index is 1190. The van der Waals surface area contributed by atoms with Gasteiger partial charge in [-0.3, -0.25) is 4.79 Å². The number of carbonyl (C=O) groups excluding carboxylic acids is 1. The molecule has 0 aliphatic heterocycles. The molecule has 0 unspecified atom stereocenters. The zero-order valence-electron chi connectivity index (χ0n) is 15.3. The average molecular weight is 370 g/mol. The van der Waals surface area contributed by atoms with Crippen LogP contribution in [0.4, 0.5) is 0 Å². The predicted molar refractivity (Wildman–Crippen MR) is 109 cm³/mol. The van der Waals surface area contributed by atoms with Crippen LogP contribution in [-0.4, -0.2) is 12.9 Å². The van der Waals surface area contributed by atoms with E-state index < -0.39 is 5.63 Å². The van der Waals surface area contributed by atoms with Crippen molar-refractivity contribution in [3.8, 4) is 16.9 Å². The van der Waals surface area contributed by atoms with Gasteiger partial charge in [0, 0.05) is 22.9 Å². The van der Waals surface area contributed by atoms with Crippen molar-refractivity contribution in [2.45, 2.75) is 6.42 Å². The van der Waals surface area contributed by atoms with Gasteiger partial charge >= 0.3 is 5.63 Å². The Hall–Kier alpha value is -3.66. The van der Waals surface area contributed by atoms with Crippen LogP contribution in [0.15, 0.2) is 88.1 Å². The first-order valence-corrected chi connectivity index (χ1v) is 8.94. The summed E-state index contributed by atoms with van der Waals surface area (Å²) in [7, 11) is 1.52. The molecular weight excluding hydrogens is 352 g/mol. The topological polar surface area (TPSA) is 56.5 Å². The van der Waals surface area contributed by atoms with Gasteiger partial charge in [0.25, 0.3) is 0 Å².